The molecule has 1 atom stereocenters. The van der Waals surface area contributed by atoms with Gasteiger partial charge in [-0.3, -0.25) is 4.79 Å². The fraction of sp³-hybridized carbons (Fsp3) is 0.917. The third-order valence-corrected chi connectivity index (χ3v) is 2.87. The molecular formula is C12H26N2O2. The maximum Gasteiger partial charge on any atom is 0.224 e. The van der Waals surface area contributed by atoms with E-state index in [4.69, 9.17) is 10.5 Å². The average molecular weight is 230 g/mol. The fourth-order valence-corrected chi connectivity index (χ4v) is 1.40. The Bertz CT molecular complexity index is 201. The van der Waals surface area contributed by atoms with E-state index in [2.05, 4.69) is 19.2 Å². The van der Waals surface area contributed by atoms with Crippen molar-refractivity contribution in [2.24, 2.45) is 17.1 Å². The fourth-order valence-electron chi connectivity index (χ4n) is 1.40. The zero-order valence-corrected chi connectivity index (χ0v) is 11.0. The van der Waals surface area contributed by atoms with Gasteiger partial charge in [0.2, 0.25) is 5.91 Å². The van der Waals surface area contributed by atoms with E-state index in [0.717, 1.165) is 19.4 Å². The number of nitrogens with two attached hydrogens (primary N) is 1. The van der Waals surface area contributed by atoms with Gasteiger partial charge in [0, 0.05) is 32.7 Å². The summed E-state index contributed by atoms with van der Waals surface area (Å²) >= 11 is 0. The Labute approximate surface area is 98.9 Å². The first-order valence-electron chi connectivity index (χ1n) is 5.93. The Kier molecular flexibility index (Phi) is 7.34. The summed E-state index contributed by atoms with van der Waals surface area (Å²) in [4.78, 5) is 11.7. The van der Waals surface area contributed by atoms with Crippen LogP contribution >= 0.6 is 0 Å². The highest BCUT2D eigenvalue weighted by Gasteiger charge is 2.21. The first kappa shape index (κ1) is 15.4. The van der Waals surface area contributed by atoms with Gasteiger partial charge in [0.15, 0.2) is 0 Å². The minimum Gasteiger partial charge on any atom is -0.385 e. The van der Waals surface area contributed by atoms with Gasteiger partial charge in [0.25, 0.3) is 0 Å². The van der Waals surface area contributed by atoms with Gasteiger partial charge < -0.3 is 15.8 Å². The molecule has 0 rings (SSSR count). The van der Waals surface area contributed by atoms with Crippen LogP contribution in [0, 0.1) is 11.3 Å². The Balaban J connectivity index is 3.97. The van der Waals surface area contributed by atoms with Gasteiger partial charge in [-0.05, 0) is 18.3 Å². The predicted molar refractivity (Wildman–Crippen MR) is 66.1 cm³/mol. The molecule has 0 aromatic rings. The van der Waals surface area contributed by atoms with Crippen molar-refractivity contribution < 1.29 is 9.53 Å². The number of hydrogen-bond acceptors (Lipinski definition) is 3. The number of carbonyl (C=O) groups is 1. The van der Waals surface area contributed by atoms with E-state index in [0.29, 0.717) is 13.1 Å². The molecule has 0 fully saturated rings. The molecule has 1 unspecified atom stereocenters. The Morgan fingerprint density at radius 1 is 1.50 bits per heavy atom. The van der Waals surface area contributed by atoms with Gasteiger partial charge in [-0.15, -0.1) is 0 Å². The summed E-state index contributed by atoms with van der Waals surface area (Å²) < 4.78 is 5.04. The van der Waals surface area contributed by atoms with E-state index in [1.807, 2.05) is 6.92 Å². The van der Waals surface area contributed by atoms with Crippen molar-refractivity contribution in [3.63, 3.8) is 0 Å². The van der Waals surface area contributed by atoms with Gasteiger partial charge in [0.1, 0.15) is 0 Å². The molecule has 0 radical (unpaired) electrons. The second kappa shape index (κ2) is 7.63. The monoisotopic (exact) mass is 230 g/mol. The maximum absolute atomic E-state index is 11.7. The molecule has 0 aliphatic carbocycles. The van der Waals surface area contributed by atoms with Gasteiger partial charge in [0.05, 0.1) is 0 Å². The zero-order chi connectivity index (χ0) is 12.6. The number of methoxy groups -OCH3 is 1. The Hall–Kier alpha value is -0.610. The predicted octanol–water partition coefficient (Wildman–Crippen LogP) is 1.15. The molecule has 16 heavy (non-hydrogen) atoms. The van der Waals surface area contributed by atoms with Crippen LogP contribution in [0.25, 0.3) is 0 Å². The molecule has 3 N–H and O–H groups in total. The van der Waals surface area contributed by atoms with Crippen molar-refractivity contribution in [2.45, 2.75) is 33.6 Å². The molecule has 96 valence electrons. The second-order valence-electron chi connectivity index (χ2n) is 4.97. The quantitative estimate of drug-likeness (QED) is 0.657. The van der Waals surface area contributed by atoms with Crippen molar-refractivity contribution >= 4 is 5.91 Å². The average Bonchev–Trinajstić information content (AvgIpc) is 2.25. The summed E-state index contributed by atoms with van der Waals surface area (Å²) in [5, 5.41) is 2.96. The van der Waals surface area contributed by atoms with Crippen LogP contribution in [0.2, 0.25) is 0 Å². The lowest BCUT2D eigenvalue weighted by Crippen LogP contribution is -2.40. The van der Waals surface area contributed by atoms with Crippen LogP contribution in [-0.2, 0) is 9.53 Å². The van der Waals surface area contributed by atoms with Gasteiger partial charge in [-0.25, -0.2) is 0 Å². The van der Waals surface area contributed by atoms with E-state index in [1.54, 1.807) is 7.11 Å². The molecule has 0 aliphatic heterocycles. The van der Waals surface area contributed by atoms with Crippen LogP contribution in [0.4, 0.5) is 0 Å². The standard InChI is InChI=1S/C12H26N2O2/c1-5-10(8-13)11(15)14-9-12(2,3)6-7-16-4/h10H,5-9,13H2,1-4H3,(H,14,15). The van der Waals surface area contributed by atoms with Crippen LogP contribution in [-0.4, -0.2) is 32.7 Å². The van der Waals surface area contributed by atoms with Crippen LogP contribution < -0.4 is 11.1 Å². The molecule has 0 spiro atoms. The molecule has 0 saturated carbocycles. The number of carbonyl (C=O) groups excluding carboxylic acids is 1. The van der Waals surface area contributed by atoms with Crippen molar-refractivity contribution in [2.75, 3.05) is 26.8 Å². The van der Waals surface area contributed by atoms with Crippen molar-refractivity contribution in [3.05, 3.63) is 0 Å². The third-order valence-electron chi connectivity index (χ3n) is 2.87. The molecular weight excluding hydrogens is 204 g/mol. The molecule has 4 nitrogen and oxygen atoms in total. The van der Waals surface area contributed by atoms with E-state index < -0.39 is 0 Å². The van der Waals surface area contributed by atoms with E-state index >= 15 is 0 Å². The number of hydrogen-bond donors (Lipinski definition) is 2. The number of amides is 1. The highest BCUT2D eigenvalue weighted by atomic mass is 16.5. The first-order valence-corrected chi connectivity index (χ1v) is 5.93. The molecule has 0 aliphatic rings. The summed E-state index contributed by atoms with van der Waals surface area (Å²) in [5.74, 6) is 0.00807. The number of nitrogens with one attached hydrogen (secondary N) is 1. The Morgan fingerprint density at radius 3 is 2.56 bits per heavy atom. The summed E-state index contributed by atoms with van der Waals surface area (Å²) in [7, 11) is 1.69. The van der Waals surface area contributed by atoms with Gasteiger partial charge in [-0.2, -0.15) is 0 Å². The SMILES string of the molecule is CCC(CN)C(=O)NCC(C)(C)CCOC. The molecule has 0 aromatic heterocycles. The number of ether oxygens (including phenoxy) is 1. The van der Waals surface area contributed by atoms with Crippen molar-refractivity contribution in [3.8, 4) is 0 Å². The van der Waals surface area contributed by atoms with Gasteiger partial charge >= 0.3 is 0 Å². The largest absolute Gasteiger partial charge is 0.385 e. The minimum absolute atomic E-state index is 0.0572. The van der Waals surface area contributed by atoms with Crippen LogP contribution in [0.5, 0.6) is 0 Å². The van der Waals surface area contributed by atoms with Gasteiger partial charge in [-0.1, -0.05) is 20.8 Å². The topological polar surface area (TPSA) is 64.4 Å². The minimum atomic E-state index is -0.0572. The Morgan fingerprint density at radius 2 is 2.12 bits per heavy atom. The molecule has 0 bridgehead atoms. The molecule has 0 saturated heterocycles. The highest BCUT2D eigenvalue weighted by molar-refractivity contribution is 5.78. The lowest BCUT2D eigenvalue weighted by molar-refractivity contribution is -0.125. The lowest BCUT2D eigenvalue weighted by Gasteiger charge is -2.25. The molecule has 1 amide bonds. The summed E-state index contributed by atoms with van der Waals surface area (Å²) in [6.45, 7) is 8.03. The van der Waals surface area contributed by atoms with E-state index in [9.17, 15) is 4.79 Å². The molecule has 4 heteroatoms. The van der Waals surface area contributed by atoms with E-state index in [1.165, 1.54) is 0 Å². The normalized spacial score (nSPS) is 13.6. The zero-order valence-electron chi connectivity index (χ0n) is 11.0. The number of rotatable bonds is 8. The van der Waals surface area contributed by atoms with Crippen LogP contribution in [0.1, 0.15) is 33.6 Å². The van der Waals surface area contributed by atoms with Crippen molar-refractivity contribution in [1.29, 1.82) is 0 Å². The third kappa shape index (κ3) is 6.08. The summed E-state index contributed by atoms with van der Waals surface area (Å²) in [6, 6.07) is 0. The van der Waals surface area contributed by atoms with Crippen molar-refractivity contribution in [1.82, 2.24) is 5.32 Å². The second-order valence-corrected chi connectivity index (χ2v) is 4.97. The lowest BCUT2D eigenvalue weighted by atomic mass is 9.89. The molecule has 0 heterocycles. The summed E-state index contributed by atoms with van der Waals surface area (Å²) in [5.41, 5.74) is 5.59. The van der Waals surface area contributed by atoms with Crippen LogP contribution in [0.15, 0.2) is 0 Å². The van der Waals surface area contributed by atoms with E-state index in [-0.39, 0.29) is 17.2 Å². The molecule has 0 aromatic carbocycles. The van der Waals surface area contributed by atoms with Crippen LogP contribution in [0.3, 0.4) is 0 Å². The smallest absolute Gasteiger partial charge is 0.224 e. The summed E-state index contributed by atoms with van der Waals surface area (Å²) in [6.07, 6.45) is 1.73. The maximum atomic E-state index is 11.7. The highest BCUT2D eigenvalue weighted by Crippen LogP contribution is 2.18. The first-order chi connectivity index (χ1) is 7.46.